The van der Waals surface area contributed by atoms with Crippen molar-refractivity contribution in [3.63, 3.8) is 0 Å². The number of aliphatic carboxylic acids is 1. The van der Waals surface area contributed by atoms with Gasteiger partial charge in [0.1, 0.15) is 6.04 Å². The fourth-order valence-electron chi connectivity index (χ4n) is 3.63. The summed E-state index contributed by atoms with van der Waals surface area (Å²) in [6.45, 7) is 3.22. The highest BCUT2D eigenvalue weighted by Gasteiger charge is 2.49. The fraction of sp³-hybridized carbons (Fsp3) is 0.643. The number of rotatable bonds is 3. The molecule has 114 valence electrons. The summed E-state index contributed by atoms with van der Waals surface area (Å²) in [4.78, 5) is 25.4. The molecule has 3 atom stereocenters. The summed E-state index contributed by atoms with van der Waals surface area (Å²) in [5, 5.41) is 16.3. The van der Waals surface area contributed by atoms with E-state index in [-0.39, 0.29) is 11.9 Å². The second kappa shape index (κ2) is 5.38. The van der Waals surface area contributed by atoms with E-state index in [2.05, 4.69) is 10.4 Å². The van der Waals surface area contributed by atoms with Crippen molar-refractivity contribution in [3.05, 3.63) is 12.4 Å². The van der Waals surface area contributed by atoms with Gasteiger partial charge in [0.2, 0.25) is 0 Å². The SMILES string of the molecule is CCn1cc(NC(=O)N2CC3CCCC3C2C(=O)O)cn1. The highest BCUT2D eigenvalue weighted by molar-refractivity contribution is 5.92. The Morgan fingerprint density at radius 3 is 2.95 bits per heavy atom. The number of carbonyl (C=O) groups excluding carboxylic acids is 1. The summed E-state index contributed by atoms with van der Waals surface area (Å²) in [6, 6.07) is -1.04. The summed E-state index contributed by atoms with van der Waals surface area (Å²) in [6.07, 6.45) is 6.31. The van der Waals surface area contributed by atoms with Gasteiger partial charge in [-0.2, -0.15) is 5.10 Å². The first-order valence-electron chi connectivity index (χ1n) is 7.43. The zero-order valence-electron chi connectivity index (χ0n) is 12.0. The number of amides is 2. The van der Waals surface area contributed by atoms with Gasteiger partial charge in [-0.15, -0.1) is 0 Å². The maximum Gasteiger partial charge on any atom is 0.326 e. The number of nitrogens with zero attached hydrogens (tertiary/aromatic N) is 3. The standard InChI is InChI=1S/C14H20N4O3/c1-2-17-8-10(6-15-17)16-14(21)18-7-9-4-3-5-11(9)12(18)13(19)20/h6,8-9,11-12H,2-5,7H2,1H3,(H,16,21)(H,19,20). The van der Waals surface area contributed by atoms with E-state index >= 15 is 0 Å². The molecule has 1 saturated heterocycles. The van der Waals surface area contributed by atoms with Crippen molar-refractivity contribution in [1.29, 1.82) is 0 Å². The third-order valence-electron chi connectivity index (χ3n) is 4.61. The van der Waals surface area contributed by atoms with Gasteiger partial charge in [0.15, 0.2) is 0 Å². The number of carbonyl (C=O) groups is 2. The number of anilines is 1. The van der Waals surface area contributed by atoms with Crippen LogP contribution in [-0.2, 0) is 11.3 Å². The first kappa shape index (κ1) is 13.9. The van der Waals surface area contributed by atoms with Crippen molar-refractivity contribution >= 4 is 17.7 Å². The van der Waals surface area contributed by atoms with Gasteiger partial charge in [-0.1, -0.05) is 6.42 Å². The minimum atomic E-state index is -0.899. The number of urea groups is 1. The monoisotopic (exact) mass is 292 g/mol. The Morgan fingerprint density at radius 2 is 2.29 bits per heavy atom. The predicted molar refractivity (Wildman–Crippen MR) is 75.9 cm³/mol. The van der Waals surface area contributed by atoms with Gasteiger partial charge < -0.3 is 15.3 Å². The van der Waals surface area contributed by atoms with Crippen LogP contribution < -0.4 is 5.32 Å². The van der Waals surface area contributed by atoms with Crippen LogP contribution in [0.4, 0.5) is 10.5 Å². The molecule has 1 aromatic rings. The van der Waals surface area contributed by atoms with Crippen molar-refractivity contribution < 1.29 is 14.7 Å². The molecule has 1 saturated carbocycles. The Kier molecular flexibility index (Phi) is 3.57. The number of carboxylic acid groups (broad SMARTS) is 1. The molecule has 1 aliphatic carbocycles. The molecule has 2 aliphatic rings. The van der Waals surface area contributed by atoms with E-state index in [1.807, 2.05) is 6.92 Å². The van der Waals surface area contributed by atoms with Gasteiger partial charge in [-0.25, -0.2) is 9.59 Å². The molecule has 2 amide bonds. The zero-order valence-corrected chi connectivity index (χ0v) is 12.0. The van der Waals surface area contributed by atoms with Crippen LogP contribution in [0.25, 0.3) is 0 Å². The Hall–Kier alpha value is -2.05. The molecule has 1 aromatic heterocycles. The van der Waals surface area contributed by atoms with E-state index in [1.54, 1.807) is 17.1 Å². The topological polar surface area (TPSA) is 87.5 Å². The minimum absolute atomic E-state index is 0.103. The lowest BCUT2D eigenvalue weighted by atomic mass is 9.94. The molecular formula is C14H20N4O3. The van der Waals surface area contributed by atoms with Crippen LogP contribution in [0.1, 0.15) is 26.2 Å². The molecule has 1 aliphatic heterocycles. The third kappa shape index (κ3) is 2.48. The number of fused-ring (bicyclic) bond motifs is 1. The van der Waals surface area contributed by atoms with Crippen molar-refractivity contribution in [2.45, 2.75) is 38.8 Å². The lowest BCUT2D eigenvalue weighted by Crippen LogP contribution is -2.45. The molecule has 0 bridgehead atoms. The molecule has 2 fully saturated rings. The van der Waals surface area contributed by atoms with E-state index in [0.717, 1.165) is 25.8 Å². The molecule has 0 spiro atoms. The summed E-state index contributed by atoms with van der Waals surface area (Å²) in [5.41, 5.74) is 0.600. The molecule has 2 N–H and O–H groups in total. The fourth-order valence-corrected chi connectivity index (χ4v) is 3.63. The largest absolute Gasteiger partial charge is 0.480 e. The molecule has 7 nitrogen and oxygen atoms in total. The molecular weight excluding hydrogens is 272 g/mol. The van der Waals surface area contributed by atoms with E-state index in [4.69, 9.17) is 0 Å². The number of likely N-dealkylation sites (tertiary alicyclic amines) is 1. The van der Waals surface area contributed by atoms with Gasteiger partial charge in [0, 0.05) is 19.3 Å². The smallest absolute Gasteiger partial charge is 0.326 e. The Morgan fingerprint density at radius 1 is 1.48 bits per heavy atom. The summed E-state index contributed by atoms with van der Waals surface area (Å²) in [5.74, 6) is -0.467. The van der Waals surface area contributed by atoms with E-state index in [9.17, 15) is 14.7 Å². The van der Waals surface area contributed by atoms with Gasteiger partial charge in [-0.05, 0) is 31.6 Å². The average molecular weight is 292 g/mol. The van der Waals surface area contributed by atoms with Crippen LogP contribution in [0.5, 0.6) is 0 Å². The first-order valence-corrected chi connectivity index (χ1v) is 7.43. The van der Waals surface area contributed by atoms with Crippen molar-refractivity contribution in [3.8, 4) is 0 Å². The number of hydrogen-bond donors (Lipinski definition) is 2. The molecule has 0 aromatic carbocycles. The van der Waals surface area contributed by atoms with Crippen molar-refractivity contribution in [1.82, 2.24) is 14.7 Å². The molecule has 7 heteroatoms. The van der Waals surface area contributed by atoms with E-state index in [0.29, 0.717) is 18.2 Å². The highest BCUT2D eigenvalue weighted by Crippen LogP contribution is 2.42. The molecule has 3 unspecified atom stereocenters. The summed E-state index contributed by atoms with van der Waals surface area (Å²) >= 11 is 0. The normalized spacial score (nSPS) is 27.7. The number of hydrogen-bond acceptors (Lipinski definition) is 3. The number of carboxylic acids is 1. The van der Waals surface area contributed by atoms with Gasteiger partial charge in [0.25, 0.3) is 0 Å². The van der Waals surface area contributed by atoms with Crippen LogP contribution in [-0.4, -0.2) is 44.4 Å². The number of aromatic nitrogens is 2. The van der Waals surface area contributed by atoms with E-state index in [1.165, 1.54) is 4.90 Å². The lowest BCUT2D eigenvalue weighted by Gasteiger charge is -2.24. The zero-order chi connectivity index (χ0) is 15.0. The third-order valence-corrected chi connectivity index (χ3v) is 4.61. The highest BCUT2D eigenvalue weighted by atomic mass is 16.4. The molecule has 21 heavy (non-hydrogen) atoms. The first-order chi connectivity index (χ1) is 10.1. The number of aryl methyl sites for hydroxylation is 1. The minimum Gasteiger partial charge on any atom is -0.480 e. The summed E-state index contributed by atoms with van der Waals surface area (Å²) in [7, 11) is 0. The van der Waals surface area contributed by atoms with Crippen LogP contribution in [0.15, 0.2) is 12.4 Å². The Balaban J connectivity index is 1.72. The molecule has 3 rings (SSSR count). The van der Waals surface area contributed by atoms with Gasteiger partial charge in [-0.3, -0.25) is 4.68 Å². The van der Waals surface area contributed by atoms with Gasteiger partial charge >= 0.3 is 12.0 Å². The lowest BCUT2D eigenvalue weighted by molar-refractivity contribution is -0.142. The second-order valence-electron chi connectivity index (χ2n) is 5.81. The van der Waals surface area contributed by atoms with Crippen molar-refractivity contribution in [2.24, 2.45) is 11.8 Å². The van der Waals surface area contributed by atoms with Gasteiger partial charge in [0.05, 0.1) is 11.9 Å². The van der Waals surface area contributed by atoms with Crippen LogP contribution >= 0.6 is 0 Å². The molecule has 0 radical (unpaired) electrons. The summed E-state index contributed by atoms with van der Waals surface area (Å²) < 4.78 is 1.71. The van der Waals surface area contributed by atoms with Crippen molar-refractivity contribution in [2.75, 3.05) is 11.9 Å². The van der Waals surface area contributed by atoms with Crippen LogP contribution in [0.2, 0.25) is 0 Å². The molecule has 2 heterocycles. The second-order valence-corrected chi connectivity index (χ2v) is 5.81. The Labute approximate surface area is 122 Å². The Bertz CT molecular complexity index is 556. The van der Waals surface area contributed by atoms with Crippen LogP contribution in [0.3, 0.4) is 0 Å². The number of nitrogens with one attached hydrogen (secondary N) is 1. The average Bonchev–Trinajstić information content (AvgIpc) is 3.11. The maximum absolute atomic E-state index is 12.4. The quantitative estimate of drug-likeness (QED) is 0.886. The van der Waals surface area contributed by atoms with E-state index < -0.39 is 12.0 Å². The van der Waals surface area contributed by atoms with Crippen LogP contribution in [0, 0.1) is 11.8 Å². The maximum atomic E-state index is 12.4. The predicted octanol–water partition coefficient (Wildman–Crippen LogP) is 1.62.